The van der Waals surface area contributed by atoms with E-state index in [9.17, 15) is 46.7 Å². The van der Waals surface area contributed by atoms with E-state index in [1.807, 2.05) is 0 Å². The van der Waals surface area contributed by atoms with Gasteiger partial charge < -0.3 is 9.64 Å². The Kier molecular flexibility index (Phi) is 12.7. The maximum absolute atomic E-state index is 14.5. The van der Waals surface area contributed by atoms with E-state index in [0.29, 0.717) is 36.0 Å². The molecule has 296 valence electrons. The Morgan fingerprint density at radius 1 is 0.836 bits per heavy atom. The highest BCUT2D eigenvalue weighted by atomic mass is 32.2. The van der Waals surface area contributed by atoms with Crippen molar-refractivity contribution in [1.82, 2.24) is 13.7 Å². The molecule has 0 saturated carbocycles. The molecule has 1 amide bonds. The number of carbonyl (C=O) groups excluding carboxylic acids is 2. The molecule has 2 heterocycles. The van der Waals surface area contributed by atoms with Crippen LogP contribution in [0.2, 0.25) is 0 Å². The van der Waals surface area contributed by atoms with Crippen LogP contribution >= 0.6 is 0 Å². The van der Waals surface area contributed by atoms with Crippen LogP contribution in [-0.4, -0.2) is 89.6 Å². The molecule has 2 fully saturated rings. The maximum Gasteiger partial charge on any atom is 0.410 e. The van der Waals surface area contributed by atoms with E-state index in [2.05, 4.69) is 0 Å². The smallest absolute Gasteiger partial charge is 0.410 e. The second-order valence-corrected chi connectivity index (χ2v) is 18.0. The number of rotatable bonds is 13. The number of ether oxygens (including phenoxy) is 1. The van der Waals surface area contributed by atoms with Crippen LogP contribution in [0.1, 0.15) is 58.4 Å². The highest BCUT2D eigenvalue weighted by Crippen LogP contribution is 2.36. The van der Waals surface area contributed by atoms with Crippen LogP contribution < -0.4 is 0 Å². The summed E-state index contributed by atoms with van der Waals surface area (Å²) in [5.41, 5.74) is -1.18. The molecule has 1 unspecified atom stereocenters. The van der Waals surface area contributed by atoms with Gasteiger partial charge in [-0.2, -0.15) is 4.31 Å². The Bertz CT molecular complexity index is 2100. The number of ketones is 1. The van der Waals surface area contributed by atoms with E-state index in [1.165, 1.54) is 12.1 Å². The van der Waals surface area contributed by atoms with Gasteiger partial charge in [0.25, 0.3) is 31.4 Å². The Labute approximate surface area is 319 Å². The second kappa shape index (κ2) is 16.9. The van der Waals surface area contributed by atoms with Crippen molar-refractivity contribution in [3.8, 4) is 0 Å². The summed E-state index contributed by atoms with van der Waals surface area (Å²) < 4.78 is 64.3. The van der Waals surface area contributed by atoms with E-state index in [1.54, 1.807) is 56.0 Å². The van der Waals surface area contributed by atoms with Gasteiger partial charge in [0.05, 0.1) is 33.4 Å². The lowest BCUT2D eigenvalue weighted by Gasteiger charge is -2.41. The second-order valence-electron chi connectivity index (χ2n) is 14.4. The van der Waals surface area contributed by atoms with Crippen molar-refractivity contribution in [3.63, 3.8) is 0 Å². The van der Waals surface area contributed by atoms with Crippen LogP contribution in [0.3, 0.4) is 0 Å². The normalized spacial score (nSPS) is 18.9. The zero-order valence-corrected chi connectivity index (χ0v) is 32.2. The molecular weight excluding hydrogens is 759 g/mol. The molecule has 0 N–H and O–H groups in total. The molecule has 0 aromatic heterocycles. The van der Waals surface area contributed by atoms with Crippen LogP contribution in [0.4, 0.5) is 16.2 Å². The summed E-state index contributed by atoms with van der Waals surface area (Å²) in [5.74, 6) is -0.654. The summed E-state index contributed by atoms with van der Waals surface area (Å²) in [4.78, 5) is 54.9. The number of hydrogen-bond acceptors (Lipinski definition) is 12. The maximum atomic E-state index is 14.5. The molecule has 3 aromatic carbocycles. The number of benzene rings is 3. The number of hydrogen-bond donors (Lipinski definition) is 0. The van der Waals surface area contributed by atoms with Crippen molar-refractivity contribution in [3.05, 3.63) is 105 Å². The standard InChI is InChI=1S/C36H43N5O12S2/c1-36(2,3)53-35(43)37-21-19-26(20-22-37)23-33(42)31-18-15-29(24-38(31)55(50,51)34-12-8-7-11-32(34)40(46)47)41(52-25-27-9-5-4-6-10-27)54(48,49)30-16-13-28(14-17-30)39(44)45/h4-14,16-17,26,29,31H,15,18-25H2,1-3H3/t29-,31?/m1/s1. The Morgan fingerprint density at radius 3 is 2.05 bits per heavy atom. The fraction of sp³-hybridized carbons (Fsp3) is 0.444. The zero-order chi connectivity index (χ0) is 40.1. The van der Waals surface area contributed by atoms with Gasteiger partial charge in [0.1, 0.15) is 5.60 Å². The summed E-state index contributed by atoms with van der Waals surface area (Å²) in [6.45, 7) is 5.06. The molecule has 0 spiro atoms. The third kappa shape index (κ3) is 9.90. The van der Waals surface area contributed by atoms with Crippen molar-refractivity contribution in [2.45, 2.75) is 87.0 Å². The number of likely N-dealkylation sites (tertiary alicyclic amines) is 1. The number of nitro groups is 2. The van der Waals surface area contributed by atoms with E-state index in [0.717, 1.165) is 40.7 Å². The number of piperidine rings is 2. The molecule has 55 heavy (non-hydrogen) atoms. The molecule has 3 aromatic rings. The Morgan fingerprint density at radius 2 is 1.45 bits per heavy atom. The summed E-state index contributed by atoms with van der Waals surface area (Å²) in [6, 6.07) is 14.8. The quantitative estimate of drug-likeness (QED) is 0.156. The van der Waals surface area contributed by atoms with Crippen LogP contribution in [0.15, 0.2) is 88.7 Å². The monoisotopic (exact) mass is 801 g/mol. The molecular formula is C36H43N5O12S2. The number of hydroxylamine groups is 1. The SMILES string of the molecule is CC(C)(C)OC(=O)N1CCC(CC(=O)C2CC[C@@H](N(OCc3ccccc3)S(=O)(=O)c3ccc([N+](=O)[O-])cc3)CN2S(=O)(=O)c2ccccc2[N+](=O)[O-])CC1. The molecule has 19 heteroatoms. The van der Waals surface area contributed by atoms with Gasteiger partial charge in [0.2, 0.25) is 0 Å². The highest BCUT2D eigenvalue weighted by molar-refractivity contribution is 7.89. The molecule has 17 nitrogen and oxygen atoms in total. The fourth-order valence-electron chi connectivity index (χ4n) is 6.63. The molecule has 2 saturated heterocycles. The first-order valence-corrected chi connectivity index (χ1v) is 20.5. The lowest BCUT2D eigenvalue weighted by atomic mass is 9.87. The van der Waals surface area contributed by atoms with Gasteiger partial charge in [-0.3, -0.25) is 29.9 Å². The van der Waals surface area contributed by atoms with Gasteiger partial charge in [-0.1, -0.05) is 46.9 Å². The van der Waals surface area contributed by atoms with E-state index >= 15 is 0 Å². The summed E-state index contributed by atoms with van der Waals surface area (Å²) in [5, 5.41) is 23.3. The topological polar surface area (TPSA) is 217 Å². The molecule has 0 radical (unpaired) electrons. The third-order valence-corrected chi connectivity index (χ3v) is 13.0. The summed E-state index contributed by atoms with van der Waals surface area (Å²) >= 11 is 0. The average molecular weight is 802 g/mol. The van der Waals surface area contributed by atoms with Crippen LogP contribution in [0.25, 0.3) is 0 Å². The number of sulfonamides is 2. The lowest BCUT2D eigenvalue weighted by Crippen LogP contribution is -2.57. The Hall–Kier alpha value is -4.82. The molecule has 2 aliphatic rings. The van der Waals surface area contributed by atoms with Gasteiger partial charge in [-0.05, 0) is 76.1 Å². The van der Waals surface area contributed by atoms with Crippen molar-refractivity contribution in [1.29, 1.82) is 0 Å². The van der Waals surface area contributed by atoms with Crippen molar-refractivity contribution in [2.24, 2.45) is 5.92 Å². The minimum Gasteiger partial charge on any atom is -0.444 e. The Balaban J connectivity index is 1.47. The van der Waals surface area contributed by atoms with E-state index < -0.39 is 76.6 Å². The number of Topliss-reactive ketones (excluding diaryl/α,β-unsaturated/α-hetero) is 1. The molecule has 0 aliphatic carbocycles. The van der Waals surface area contributed by atoms with E-state index in [-0.39, 0.29) is 42.4 Å². The average Bonchev–Trinajstić information content (AvgIpc) is 3.14. The predicted molar refractivity (Wildman–Crippen MR) is 197 cm³/mol. The molecule has 5 rings (SSSR count). The van der Waals surface area contributed by atoms with Crippen molar-refractivity contribution in [2.75, 3.05) is 19.6 Å². The summed E-state index contributed by atoms with van der Waals surface area (Å²) in [6.07, 6.45) is 0.186. The number of nitrogens with zero attached hydrogens (tertiary/aromatic N) is 5. The first-order valence-electron chi connectivity index (χ1n) is 17.6. The molecule has 2 aliphatic heterocycles. The third-order valence-electron chi connectivity index (χ3n) is 9.37. The summed E-state index contributed by atoms with van der Waals surface area (Å²) in [7, 11) is -9.44. The zero-order valence-electron chi connectivity index (χ0n) is 30.6. The first-order chi connectivity index (χ1) is 25.9. The van der Waals surface area contributed by atoms with Gasteiger partial charge in [0, 0.05) is 44.3 Å². The number of carbonyl (C=O) groups is 2. The van der Waals surface area contributed by atoms with Gasteiger partial charge >= 0.3 is 6.09 Å². The lowest BCUT2D eigenvalue weighted by molar-refractivity contribution is -0.387. The molecule has 0 bridgehead atoms. The van der Waals surface area contributed by atoms with Crippen molar-refractivity contribution >= 4 is 43.3 Å². The van der Waals surface area contributed by atoms with E-state index in [4.69, 9.17) is 9.57 Å². The van der Waals surface area contributed by atoms with Crippen LogP contribution in [0, 0.1) is 26.1 Å². The van der Waals surface area contributed by atoms with Gasteiger partial charge in [0.15, 0.2) is 10.7 Å². The number of amides is 1. The number of nitro benzene ring substituents is 2. The van der Waals surface area contributed by atoms with Gasteiger partial charge in [-0.25, -0.2) is 21.6 Å². The number of non-ortho nitro benzene ring substituents is 1. The van der Waals surface area contributed by atoms with Crippen LogP contribution in [0.5, 0.6) is 0 Å². The minimum absolute atomic E-state index is 0.0442. The van der Waals surface area contributed by atoms with Crippen molar-refractivity contribution < 1.29 is 45.8 Å². The first kappa shape index (κ1) is 41.3. The fourth-order valence-corrected chi connectivity index (χ4v) is 9.91. The number of para-hydroxylation sites is 1. The molecule has 2 atom stereocenters. The predicted octanol–water partition coefficient (Wildman–Crippen LogP) is 5.45. The van der Waals surface area contributed by atoms with Crippen LogP contribution in [-0.2, 0) is 41.0 Å². The highest BCUT2D eigenvalue weighted by Gasteiger charge is 2.47. The van der Waals surface area contributed by atoms with Gasteiger partial charge in [-0.15, -0.1) is 0 Å². The minimum atomic E-state index is -4.82. The largest absolute Gasteiger partial charge is 0.444 e.